The van der Waals surface area contributed by atoms with Crippen molar-refractivity contribution in [3.05, 3.63) is 32.4 Å². The third kappa shape index (κ3) is 3.29. The summed E-state index contributed by atoms with van der Waals surface area (Å²) < 4.78 is 2.46. The highest BCUT2D eigenvalue weighted by Crippen LogP contribution is 2.22. The lowest BCUT2D eigenvalue weighted by atomic mass is 10.2. The van der Waals surface area contributed by atoms with E-state index in [1.54, 1.807) is 17.1 Å². The molecule has 7 heteroatoms. The first-order valence-electron chi connectivity index (χ1n) is 5.82. The van der Waals surface area contributed by atoms with Crippen LogP contribution in [0.3, 0.4) is 0 Å². The number of aryl methyl sites for hydroxylation is 1. The van der Waals surface area contributed by atoms with E-state index in [-0.39, 0.29) is 5.78 Å². The predicted octanol–water partition coefficient (Wildman–Crippen LogP) is 2.20. The summed E-state index contributed by atoms with van der Waals surface area (Å²) in [6.45, 7) is 3.40. The minimum atomic E-state index is -0.0336. The molecular weight excluding hydrogens is 328 g/mol. The maximum atomic E-state index is 12.5. The van der Waals surface area contributed by atoms with Gasteiger partial charge in [0.1, 0.15) is 5.69 Å². The van der Waals surface area contributed by atoms with Crippen LogP contribution in [0, 0.1) is 6.92 Å². The number of likely N-dealkylation sites (N-methyl/N-ethyl adjacent to an activating group) is 1. The molecular formula is C12H15BrN4OS. The molecule has 0 N–H and O–H groups in total. The lowest BCUT2D eigenvalue weighted by Crippen LogP contribution is -2.21. The Kier molecular flexibility index (Phi) is 4.49. The summed E-state index contributed by atoms with van der Waals surface area (Å²) >= 11 is 4.80. The Morgan fingerprint density at radius 2 is 2.21 bits per heavy atom. The summed E-state index contributed by atoms with van der Waals surface area (Å²) in [5, 5.41) is 5.14. The summed E-state index contributed by atoms with van der Waals surface area (Å²) in [6, 6.07) is 0. The molecule has 0 aliphatic carbocycles. The number of rotatable bonds is 5. The van der Waals surface area contributed by atoms with Crippen LogP contribution in [0.1, 0.15) is 20.4 Å². The quantitative estimate of drug-likeness (QED) is 0.781. The molecule has 2 rings (SSSR count). The van der Waals surface area contributed by atoms with Crippen molar-refractivity contribution in [3.63, 3.8) is 0 Å². The van der Waals surface area contributed by atoms with Crippen LogP contribution >= 0.6 is 27.3 Å². The van der Waals surface area contributed by atoms with E-state index in [0.29, 0.717) is 17.1 Å². The maximum Gasteiger partial charge on any atom is 0.223 e. The van der Waals surface area contributed by atoms with Gasteiger partial charge in [0.25, 0.3) is 0 Å². The summed E-state index contributed by atoms with van der Waals surface area (Å²) in [7, 11) is 3.99. The summed E-state index contributed by atoms with van der Waals surface area (Å²) in [4.78, 5) is 19.3. The molecule has 102 valence electrons. The van der Waals surface area contributed by atoms with Crippen molar-refractivity contribution in [1.82, 2.24) is 19.7 Å². The van der Waals surface area contributed by atoms with E-state index in [2.05, 4.69) is 30.9 Å². The van der Waals surface area contributed by atoms with Gasteiger partial charge in [-0.2, -0.15) is 5.10 Å². The van der Waals surface area contributed by atoms with E-state index in [4.69, 9.17) is 0 Å². The van der Waals surface area contributed by atoms with Gasteiger partial charge in [-0.3, -0.25) is 9.48 Å². The molecule has 5 nitrogen and oxygen atoms in total. The SMILES string of the molecule is Cc1ncc(C(=O)c2c(Br)cnn2CCN(C)C)s1. The second-order valence-electron chi connectivity index (χ2n) is 4.44. The van der Waals surface area contributed by atoms with E-state index in [1.807, 2.05) is 21.0 Å². The predicted molar refractivity (Wildman–Crippen MR) is 78.8 cm³/mol. The van der Waals surface area contributed by atoms with Gasteiger partial charge in [0.2, 0.25) is 5.78 Å². The van der Waals surface area contributed by atoms with Crippen LogP contribution in [0.25, 0.3) is 0 Å². The molecule has 2 aromatic rings. The van der Waals surface area contributed by atoms with Gasteiger partial charge >= 0.3 is 0 Å². The summed E-state index contributed by atoms with van der Waals surface area (Å²) in [6.07, 6.45) is 3.29. The van der Waals surface area contributed by atoms with Gasteiger partial charge in [0.15, 0.2) is 0 Å². The molecule has 0 spiro atoms. The van der Waals surface area contributed by atoms with Gasteiger partial charge in [-0.15, -0.1) is 11.3 Å². The lowest BCUT2D eigenvalue weighted by molar-refractivity contribution is 0.103. The van der Waals surface area contributed by atoms with Crippen LogP contribution in [0.2, 0.25) is 0 Å². The van der Waals surface area contributed by atoms with Crippen LogP contribution in [0.5, 0.6) is 0 Å². The third-order valence-electron chi connectivity index (χ3n) is 2.61. The molecule has 0 unspecified atom stereocenters. The number of aromatic nitrogens is 3. The number of nitrogens with zero attached hydrogens (tertiary/aromatic N) is 4. The van der Waals surface area contributed by atoms with Crippen molar-refractivity contribution >= 4 is 33.0 Å². The molecule has 2 heterocycles. The highest BCUT2D eigenvalue weighted by atomic mass is 79.9. The molecule has 0 aliphatic heterocycles. The van der Waals surface area contributed by atoms with E-state index >= 15 is 0 Å². The number of carbonyl (C=O) groups is 1. The number of hydrogen-bond acceptors (Lipinski definition) is 5. The standard InChI is InChI=1S/C12H15BrN4OS/c1-8-14-7-10(19-8)12(18)11-9(13)6-15-17(11)5-4-16(2)3/h6-7H,4-5H2,1-3H3. The van der Waals surface area contributed by atoms with Gasteiger partial charge in [-0.25, -0.2) is 4.98 Å². The van der Waals surface area contributed by atoms with Gasteiger partial charge < -0.3 is 4.90 Å². The second kappa shape index (κ2) is 5.94. The van der Waals surface area contributed by atoms with Crippen molar-refractivity contribution in [1.29, 1.82) is 0 Å². The molecule has 2 aromatic heterocycles. The Hall–Kier alpha value is -1.05. The molecule has 0 saturated heterocycles. The first kappa shape index (κ1) is 14.4. The number of thiazole rings is 1. The van der Waals surface area contributed by atoms with Crippen molar-refractivity contribution in [2.75, 3.05) is 20.6 Å². The van der Waals surface area contributed by atoms with Crippen LogP contribution in [0.15, 0.2) is 16.9 Å². The molecule has 19 heavy (non-hydrogen) atoms. The second-order valence-corrected chi connectivity index (χ2v) is 6.53. The van der Waals surface area contributed by atoms with Crippen LogP contribution in [-0.4, -0.2) is 46.1 Å². The highest BCUT2D eigenvalue weighted by molar-refractivity contribution is 9.10. The van der Waals surface area contributed by atoms with Crippen LogP contribution in [-0.2, 0) is 6.54 Å². The normalized spacial score (nSPS) is 11.2. The highest BCUT2D eigenvalue weighted by Gasteiger charge is 2.20. The summed E-state index contributed by atoms with van der Waals surface area (Å²) in [5.74, 6) is -0.0336. The fourth-order valence-electron chi connectivity index (χ4n) is 1.64. The van der Waals surface area contributed by atoms with Gasteiger partial charge in [0, 0.05) is 12.7 Å². The van der Waals surface area contributed by atoms with Gasteiger partial charge in [0.05, 0.1) is 27.1 Å². The smallest absolute Gasteiger partial charge is 0.223 e. The average Bonchev–Trinajstić information content (AvgIpc) is 2.92. The molecule has 0 fully saturated rings. The Balaban J connectivity index is 2.28. The molecule has 0 radical (unpaired) electrons. The molecule has 0 aliphatic rings. The van der Waals surface area contributed by atoms with E-state index in [9.17, 15) is 4.79 Å². The monoisotopic (exact) mass is 342 g/mol. The van der Waals surface area contributed by atoms with Crippen LogP contribution in [0.4, 0.5) is 0 Å². The molecule has 0 bridgehead atoms. The van der Waals surface area contributed by atoms with Crippen molar-refractivity contribution in [2.45, 2.75) is 13.5 Å². The molecule has 0 amide bonds. The molecule has 0 atom stereocenters. The fourth-order valence-corrected chi connectivity index (χ4v) is 2.83. The zero-order valence-electron chi connectivity index (χ0n) is 11.1. The molecule has 0 saturated carbocycles. The zero-order chi connectivity index (χ0) is 14.0. The average molecular weight is 343 g/mol. The van der Waals surface area contributed by atoms with Crippen molar-refractivity contribution in [2.24, 2.45) is 0 Å². The molecule has 0 aromatic carbocycles. The third-order valence-corrected chi connectivity index (χ3v) is 4.11. The largest absolute Gasteiger partial charge is 0.308 e. The Bertz CT molecular complexity index is 590. The van der Waals surface area contributed by atoms with Crippen molar-refractivity contribution in [3.8, 4) is 0 Å². The first-order valence-corrected chi connectivity index (χ1v) is 7.43. The maximum absolute atomic E-state index is 12.5. The van der Waals surface area contributed by atoms with Crippen molar-refractivity contribution < 1.29 is 4.79 Å². The topological polar surface area (TPSA) is 51.0 Å². The number of halogens is 1. The summed E-state index contributed by atoms with van der Waals surface area (Å²) in [5.41, 5.74) is 0.588. The Labute approximate surface area is 124 Å². The van der Waals surface area contributed by atoms with Gasteiger partial charge in [-0.05, 0) is 36.9 Å². The van der Waals surface area contributed by atoms with Gasteiger partial charge in [-0.1, -0.05) is 0 Å². The number of hydrogen-bond donors (Lipinski definition) is 0. The Morgan fingerprint density at radius 3 is 2.79 bits per heavy atom. The Morgan fingerprint density at radius 1 is 1.47 bits per heavy atom. The first-order chi connectivity index (χ1) is 8.99. The zero-order valence-corrected chi connectivity index (χ0v) is 13.5. The fraction of sp³-hybridized carbons (Fsp3) is 0.417. The minimum Gasteiger partial charge on any atom is -0.308 e. The number of carbonyl (C=O) groups excluding carboxylic acids is 1. The number of ketones is 1. The minimum absolute atomic E-state index is 0.0336. The lowest BCUT2D eigenvalue weighted by Gasteiger charge is -2.11. The van der Waals surface area contributed by atoms with Crippen LogP contribution < -0.4 is 0 Å². The van der Waals surface area contributed by atoms with E-state index in [1.165, 1.54) is 11.3 Å². The van der Waals surface area contributed by atoms with E-state index in [0.717, 1.165) is 16.0 Å². The van der Waals surface area contributed by atoms with E-state index < -0.39 is 0 Å².